The number of rotatable bonds is 4. The number of aromatic carboxylic acids is 1. The maximum Gasteiger partial charge on any atom is 0.335 e. The van der Waals surface area contributed by atoms with Crippen molar-refractivity contribution in [3.8, 4) is 0 Å². The highest BCUT2D eigenvalue weighted by atomic mass is 79.9. The highest BCUT2D eigenvalue weighted by molar-refractivity contribution is 9.10. The fourth-order valence-electron chi connectivity index (χ4n) is 1.75. The molecule has 0 amide bonds. The Labute approximate surface area is 125 Å². The number of carbonyl (C=O) groups is 1. The molecular weight excluding hydrogens is 344 g/mol. The fraction of sp³-hybridized carbons (Fsp3) is 0.0714. The molecule has 0 aliphatic carbocycles. The molecule has 0 saturated carbocycles. The minimum absolute atomic E-state index is 0.0115. The predicted octanol–water partition coefficient (Wildman–Crippen LogP) is 3.12. The summed E-state index contributed by atoms with van der Waals surface area (Å²) < 4.78 is 25.4. The van der Waals surface area contributed by atoms with E-state index >= 15 is 0 Å². The summed E-state index contributed by atoms with van der Waals surface area (Å²) in [6.45, 7) is 0. The lowest BCUT2D eigenvalue weighted by Gasteiger charge is -2.06. The Kier molecular flexibility index (Phi) is 4.25. The Balaban J connectivity index is 2.35. The zero-order valence-corrected chi connectivity index (χ0v) is 12.7. The van der Waals surface area contributed by atoms with E-state index in [0.717, 1.165) is 4.47 Å². The first-order chi connectivity index (χ1) is 9.38. The summed E-state index contributed by atoms with van der Waals surface area (Å²) in [7, 11) is -3.57. The van der Waals surface area contributed by atoms with E-state index in [9.17, 15) is 13.2 Å². The summed E-state index contributed by atoms with van der Waals surface area (Å²) in [6, 6.07) is 12.4. The summed E-state index contributed by atoms with van der Waals surface area (Å²) in [5.74, 6) is -1.32. The van der Waals surface area contributed by atoms with E-state index in [0.29, 0.717) is 5.56 Å². The minimum Gasteiger partial charge on any atom is -0.478 e. The Hall–Kier alpha value is -1.66. The van der Waals surface area contributed by atoms with Crippen molar-refractivity contribution < 1.29 is 18.3 Å². The molecule has 0 bridgehead atoms. The number of halogens is 1. The Bertz CT molecular complexity index is 753. The van der Waals surface area contributed by atoms with Crippen LogP contribution in [0.3, 0.4) is 0 Å². The van der Waals surface area contributed by atoms with Crippen LogP contribution in [-0.2, 0) is 15.6 Å². The van der Waals surface area contributed by atoms with Gasteiger partial charge in [0.1, 0.15) is 0 Å². The fourth-order valence-corrected chi connectivity index (χ4v) is 3.58. The summed E-state index contributed by atoms with van der Waals surface area (Å²) >= 11 is 3.28. The third kappa shape index (κ3) is 3.46. The second kappa shape index (κ2) is 5.76. The molecule has 0 atom stereocenters. The molecule has 0 spiro atoms. The molecule has 0 saturated heterocycles. The maximum absolute atomic E-state index is 12.3. The number of benzene rings is 2. The van der Waals surface area contributed by atoms with E-state index in [2.05, 4.69) is 15.9 Å². The number of sulfone groups is 1. The molecule has 0 heterocycles. The van der Waals surface area contributed by atoms with Gasteiger partial charge >= 0.3 is 5.97 Å². The Morgan fingerprint density at radius 2 is 1.80 bits per heavy atom. The van der Waals surface area contributed by atoms with Crippen molar-refractivity contribution in [3.63, 3.8) is 0 Å². The van der Waals surface area contributed by atoms with Crippen LogP contribution in [0.25, 0.3) is 0 Å². The first kappa shape index (κ1) is 14.7. The van der Waals surface area contributed by atoms with Crippen LogP contribution in [0.4, 0.5) is 0 Å². The molecule has 20 heavy (non-hydrogen) atoms. The first-order valence-corrected chi connectivity index (χ1v) is 8.13. The highest BCUT2D eigenvalue weighted by Crippen LogP contribution is 2.20. The van der Waals surface area contributed by atoms with E-state index in [1.54, 1.807) is 24.3 Å². The van der Waals surface area contributed by atoms with Gasteiger partial charge in [0.05, 0.1) is 16.2 Å². The average Bonchev–Trinajstić information content (AvgIpc) is 2.38. The van der Waals surface area contributed by atoms with Crippen molar-refractivity contribution in [2.75, 3.05) is 0 Å². The van der Waals surface area contributed by atoms with Crippen LogP contribution in [0.2, 0.25) is 0 Å². The van der Waals surface area contributed by atoms with Crippen LogP contribution in [0.15, 0.2) is 57.9 Å². The predicted molar refractivity (Wildman–Crippen MR) is 78.4 cm³/mol. The molecule has 104 valence electrons. The minimum atomic E-state index is -3.57. The van der Waals surface area contributed by atoms with Gasteiger partial charge in [0.25, 0.3) is 0 Å². The third-order valence-electron chi connectivity index (χ3n) is 2.69. The van der Waals surface area contributed by atoms with Gasteiger partial charge < -0.3 is 5.11 Å². The number of carboxylic acid groups (broad SMARTS) is 1. The number of hydrogen-bond acceptors (Lipinski definition) is 3. The van der Waals surface area contributed by atoms with E-state index < -0.39 is 15.8 Å². The molecule has 0 fully saturated rings. The quantitative estimate of drug-likeness (QED) is 0.915. The lowest BCUT2D eigenvalue weighted by atomic mass is 10.2. The normalized spacial score (nSPS) is 11.2. The van der Waals surface area contributed by atoms with Crippen molar-refractivity contribution in [1.82, 2.24) is 0 Å². The van der Waals surface area contributed by atoms with Gasteiger partial charge in [-0.15, -0.1) is 0 Å². The zero-order chi connectivity index (χ0) is 14.8. The van der Waals surface area contributed by atoms with Gasteiger partial charge in [-0.2, -0.15) is 0 Å². The second-order valence-electron chi connectivity index (χ2n) is 4.22. The summed E-state index contributed by atoms with van der Waals surface area (Å²) in [5.41, 5.74) is 0.598. The SMILES string of the molecule is O=C(O)c1cccc(S(=O)(=O)Cc2cccc(Br)c2)c1. The lowest BCUT2D eigenvalue weighted by molar-refractivity contribution is 0.0696. The standard InChI is InChI=1S/C14H11BrO4S/c15-12-5-1-3-10(7-12)9-20(18,19)13-6-2-4-11(8-13)14(16)17/h1-8H,9H2,(H,16,17). The van der Waals surface area contributed by atoms with Crippen molar-refractivity contribution in [2.45, 2.75) is 10.6 Å². The van der Waals surface area contributed by atoms with Gasteiger partial charge in [-0.1, -0.05) is 34.1 Å². The van der Waals surface area contributed by atoms with E-state index in [-0.39, 0.29) is 16.2 Å². The first-order valence-electron chi connectivity index (χ1n) is 5.69. The number of hydrogen-bond donors (Lipinski definition) is 1. The molecule has 0 radical (unpaired) electrons. The molecule has 2 rings (SSSR count). The smallest absolute Gasteiger partial charge is 0.335 e. The summed E-state index contributed by atoms with van der Waals surface area (Å²) in [5, 5.41) is 8.90. The zero-order valence-electron chi connectivity index (χ0n) is 10.3. The van der Waals surface area contributed by atoms with Crippen LogP contribution in [-0.4, -0.2) is 19.5 Å². The molecule has 2 aromatic rings. The molecule has 2 aromatic carbocycles. The molecule has 0 aliphatic rings. The van der Waals surface area contributed by atoms with Gasteiger partial charge in [-0.3, -0.25) is 0 Å². The van der Waals surface area contributed by atoms with Crippen molar-refractivity contribution in [1.29, 1.82) is 0 Å². The Morgan fingerprint density at radius 3 is 2.45 bits per heavy atom. The van der Waals surface area contributed by atoms with E-state index in [4.69, 9.17) is 5.11 Å². The van der Waals surface area contributed by atoms with Gasteiger partial charge in [-0.05, 0) is 35.9 Å². The lowest BCUT2D eigenvalue weighted by Crippen LogP contribution is -2.06. The highest BCUT2D eigenvalue weighted by Gasteiger charge is 2.17. The monoisotopic (exact) mass is 354 g/mol. The molecule has 1 N–H and O–H groups in total. The van der Waals surface area contributed by atoms with Gasteiger partial charge in [0, 0.05) is 4.47 Å². The molecule has 4 nitrogen and oxygen atoms in total. The van der Waals surface area contributed by atoms with Crippen molar-refractivity contribution in [2.24, 2.45) is 0 Å². The van der Waals surface area contributed by atoms with E-state index in [1.807, 2.05) is 0 Å². The summed E-state index contributed by atoms with van der Waals surface area (Å²) in [6.07, 6.45) is 0. The van der Waals surface area contributed by atoms with Crippen LogP contribution >= 0.6 is 15.9 Å². The molecule has 0 aromatic heterocycles. The van der Waals surface area contributed by atoms with Crippen molar-refractivity contribution >= 4 is 31.7 Å². The van der Waals surface area contributed by atoms with Crippen LogP contribution in [0.1, 0.15) is 15.9 Å². The summed E-state index contributed by atoms with van der Waals surface area (Å²) in [4.78, 5) is 10.9. The van der Waals surface area contributed by atoms with Crippen LogP contribution < -0.4 is 0 Å². The topological polar surface area (TPSA) is 71.4 Å². The molecular formula is C14H11BrO4S. The van der Waals surface area contributed by atoms with Gasteiger partial charge in [-0.25, -0.2) is 13.2 Å². The maximum atomic E-state index is 12.3. The average molecular weight is 355 g/mol. The largest absolute Gasteiger partial charge is 0.478 e. The van der Waals surface area contributed by atoms with Gasteiger partial charge in [0.15, 0.2) is 9.84 Å². The molecule has 0 unspecified atom stereocenters. The molecule has 0 aliphatic heterocycles. The molecule has 6 heteroatoms. The van der Waals surface area contributed by atoms with Crippen LogP contribution in [0.5, 0.6) is 0 Å². The van der Waals surface area contributed by atoms with E-state index in [1.165, 1.54) is 24.3 Å². The Morgan fingerprint density at radius 1 is 1.10 bits per heavy atom. The number of carboxylic acids is 1. The second-order valence-corrected chi connectivity index (χ2v) is 7.13. The van der Waals surface area contributed by atoms with Gasteiger partial charge in [0.2, 0.25) is 0 Å². The van der Waals surface area contributed by atoms with Crippen LogP contribution in [0, 0.1) is 0 Å². The van der Waals surface area contributed by atoms with Crippen molar-refractivity contribution in [3.05, 3.63) is 64.1 Å². The third-order valence-corrected chi connectivity index (χ3v) is 4.86.